The van der Waals surface area contributed by atoms with Crippen molar-refractivity contribution in [2.45, 2.75) is 44.6 Å². The molecule has 1 aliphatic carbocycles. The Morgan fingerprint density at radius 1 is 1.10 bits per heavy atom. The van der Waals surface area contributed by atoms with Crippen LogP contribution in [0.3, 0.4) is 0 Å². The van der Waals surface area contributed by atoms with Gasteiger partial charge in [0.05, 0.1) is 5.69 Å². The van der Waals surface area contributed by atoms with Crippen LogP contribution in [0.5, 0.6) is 0 Å². The van der Waals surface area contributed by atoms with E-state index in [2.05, 4.69) is 32.1 Å². The number of nitrogen functional groups attached to an aromatic ring is 1. The van der Waals surface area contributed by atoms with Gasteiger partial charge in [0, 0.05) is 31.9 Å². The van der Waals surface area contributed by atoms with Crippen molar-refractivity contribution in [3.8, 4) is 0 Å². The molecular weight excluding hydrogens is 392 g/mol. The third-order valence-electron chi connectivity index (χ3n) is 6.14. The highest BCUT2D eigenvalue weighted by Crippen LogP contribution is 2.32. The molecule has 0 aromatic carbocycles. The molecule has 0 radical (unpaired) electrons. The lowest BCUT2D eigenvalue weighted by molar-refractivity contribution is 0.252. The first-order chi connectivity index (χ1) is 15.1. The van der Waals surface area contributed by atoms with Crippen LogP contribution < -0.4 is 20.9 Å². The molecule has 3 heterocycles. The number of anilines is 4. The zero-order valence-electron chi connectivity index (χ0n) is 18.2. The number of nitrogens with one attached hydrogen (secondary N) is 1. The Bertz CT molecular complexity index is 871. The van der Waals surface area contributed by atoms with E-state index < -0.39 is 0 Å². The van der Waals surface area contributed by atoms with Crippen LogP contribution in [0.25, 0.3) is 0 Å². The van der Waals surface area contributed by atoms with Gasteiger partial charge in [-0.15, -0.1) is 0 Å². The average molecular weight is 425 g/mol. The van der Waals surface area contributed by atoms with Crippen molar-refractivity contribution in [3.63, 3.8) is 0 Å². The van der Waals surface area contributed by atoms with Gasteiger partial charge in [0.2, 0.25) is 0 Å². The number of pyridine rings is 1. The third kappa shape index (κ3) is 5.22. The van der Waals surface area contributed by atoms with Crippen molar-refractivity contribution < 1.29 is 4.79 Å². The number of likely N-dealkylation sites (N-methyl/N-ethyl adjacent to an activating group) is 1. The monoisotopic (exact) mass is 424 g/mol. The van der Waals surface area contributed by atoms with Crippen LogP contribution in [0.4, 0.5) is 27.9 Å². The van der Waals surface area contributed by atoms with Crippen molar-refractivity contribution in [1.82, 2.24) is 19.9 Å². The molecule has 2 aliphatic rings. The van der Waals surface area contributed by atoms with Gasteiger partial charge >= 0.3 is 6.03 Å². The minimum Gasteiger partial charge on any atom is -0.396 e. The second kappa shape index (κ2) is 9.91. The van der Waals surface area contributed by atoms with Gasteiger partial charge in [0.15, 0.2) is 5.82 Å². The molecule has 9 heteroatoms. The van der Waals surface area contributed by atoms with Crippen LogP contribution in [0.2, 0.25) is 0 Å². The van der Waals surface area contributed by atoms with E-state index in [0.717, 1.165) is 64.1 Å². The van der Waals surface area contributed by atoms with Gasteiger partial charge in [0.1, 0.15) is 18.0 Å². The molecule has 31 heavy (non-hydrogen) atoms. The summed E-state index contributed by atoms with van der Waals surface area (Å²) in [7, 11) is 2.15. The number of nitrogens with zero attached hydrogens (tertiary/aromatic N) is 6. The maximum Gasteiger partial charge on any atom is 0.328 e. The molecule has 1 saturated heterocycles. The number of amides is 2. The summed E-state index contributed by atoms with van der Waals surface area (Å²) in [6.45, 7) is 3.91. The topological polar surface area (TPSA) is 104 Å². The molecule has 2 amide bonds. The van der Waals surface area contributed by atoms with Crippen molar-refractivity contribution in [2.24, 2.45) is 0 Å². The molecule has 0 bridgehead atoms. The molecule has 4 rings (SSSR count). The normalized spacial score (nSPS) is 18.4. The number of rotatable bonds is 4. The Balaban J connectivity index is 1.64. The van der Waals surface area contributed by atoms with Crippen LogP contribution in [-0.4, -0.2) is 65.2 Å². The number of hydrogen-bond acceptors (Lipinski definition) is 7. The predicted octanol–water partition coefficient (Wildman–Crippen LogP) is 2.97. The molecule has 0 unspecified atom stereocenters. The fraction of sp³-hybridized carbons (Fsp3) is 0.545. The van der Waals surface area contributed by atoms with E-state index in [0.29, 0.717) is 17.3 Å². The van der Waals surface area contributed by atoms with E-state index in [1.807, 2.05) is 12.1 Å². The largest absolute Gasteiger partial charge is 0.396 e. The SMILES string of the molecule is CN1CCCN(c2ccc(N)c(N(C(=O)Nc3ccncn3)C3CCCCC3)n2)CC1. The second-order valence-corrected chi connectivity index (χ2v) is 8.41. The van der Waals surface area contributed by atoms with Gasteiger partial charge in [0.25, 0.3) is 0 Å². The Morgan fingerprint density at radius 2 is 1.94 bits per heavy atom. The molecule has 166 valence electrons. The quantitative estimate of drug-likeness (QED) is 0.778. The predicted molar refractivity (Wildman–Crippen MR) is 123 cm³/mol. The number of hydrogen-bond donors (Lipinski definition) is 2. The van der Waals surface area contributed by atoms with Crippen LogP contribution in [0.15, 0.2) is 30.7 Å². The summed E-state index contributed by atoms with van der Waals surface area (Å²) >= 11 is 0. The first-order valence-corrected chi connectivity index (χ1v) is 11.2. The maximum atomic E-state index is 13.4. The molecular formula is C22H32N8O. The van der Waals surface area contributed by atoms with Gasteiger partial charge in [-0.1, -0.05) is 19.3 Å². The van der Waals surface area contributed by atoms with Crippen LogP contribution in [-0.2, 0) is 0 Å². The Hall–Kier alpha value is -2.94. The first-order valence-electron chi connectivity index (χ1n) is 11.2. The minimum absolute atomic E-state index is 0.0657. The van der Waals surface area contributed by atoms with E-state index in [-0.39, 0.29) is 12.1 Å². The molecule has 3 N–H and O–H groups in total. The minimum atomic E-state index is -0.252. The highest BCUT2D eigenvalue weighted by atomic mass is 16.2. The van der Waals surface area contributed by atoms with E-state index in [4.69, 9.17) is 10.7 Å². The molecule has 2 aromatic rings. The number of nitrogens with two attached hydrogens (primary N) is 1. The van der Waals surface area contributed by atoms with Gasteiger partial charge in [-0.3, -0.25) is 10.2 Å². The van der Waals surface area contributed by atoms with E-state index in [1.54, 1.807) is 17.2 Å². The summed E-state index contributed by atoms with van der Waals surface area (Å²) in [4.78, 5) is 32.7. The summed E-state index contributed by atoms with van der Waals surface area (Å²) < 4.78 is 0. The lowest BCUT2D eigenvalue weighted by atomic mass is 9.94. The van der Waals surface area contributed by atoms with Gasteiger partial charge in [-0.2, -0.15) is 0 Å². The van der Waals surface area contributed by atoms with Crippen molar-refractivity contribution in [3.05, 3.63) is 30.7 Å². The summed E-state index contributed by atoms with van der Waals surface area (Å²) in [5.74, 6) is 1.87. The van der Waals surface area contributed by atoms with E-state index >= 15 is 0 Å². The Morgan fingerprint density at radius 3 is 2.71 bits per heavy atom. The number of aromatic nitrogens is 3. The number of carbonyl (C=O) groups excluding carboxylic acids is 1. The number of urea groups is 1. The van der Waals surface area contributed by atoms with Crippen molar-refractivity contribution >= 4 is 29.2 Å². The smallest absolute Gasteiger partial charge is 0.328 e. The van der Waals surface area contributed by atoms with E-state index in [1.165, 1.54) is 12.7 Å². The molecule has 0 spiro atoms. The van der Waals surface area contributed by atoms with Gasteiger partial charge in [-0.05, 0) is 51.1 Å². The molecule has 2 fully saturated rings. The second-order valence-electron chi connectivity index (χ2n) is 8.41. The highest BCUT2D eigenvalue weighted by molar-refractivity contribution is 6.02. The van der Waals surface area contributed by atoms with Gasteiger partial charge in [-0.25, -0.2) is 19.7 Å². The zero-order chi connectivity index (χ0) is 21.6. The standard InChI is InChI=1S/C22H32N8O/c1-28-12-5-13-29(15-14-28)20-9-8-18(23)21(27-20)30(17-6-3-2-4-7-17)22(31)26-19-10-11-24-16-25-19/h8-11,16-17H,2-7,12-15,23H2,1H3,(H,24,25,26,31). The first kappa shape index (κ1) is 21.3. The summed E-state index contributed by atoms with van der Waals surface area (Å²) in [6.07, 6.45) is 9.38. The highest BCUT2D eigenvalue weighted by Gasteiger charge is 2.30. The molecule has 1 saturated carbocycles. The van der Waals surface area contributed by atoms with E-state index in [9.17, 15) is 4.79 Å². The number of carbonyl (C=O) groups is 1. The molecule has 9 nitrogen and oxygen atoms in total. The fourth-order valence-electron chi connectivity index (χ4n) is 4.40. The zero-order valence-corrected chi connectivity index (χ0v) is 18.2. The molecule has 2 aromatic heterocycles. The summed E-state index contributed by atoms with van der Waals surface area (Å²) in [5.41, 5.74) is 6.89. The van der Waals surface area contributed by atoms with Crippen LogP contribution in [0, 0.1) is 0 Å². The summed E-state index contributed by atoms with van der Waals surface area (Å²) in [5, 5.41) is 2.90. The third-order valence-corrected chi connectivity index (χ3v) is 6.14. The summed E-state index contributed by atoms with van der Waals surface area (Å²) in [6, 6.07) is 5.33. The van der Waals surface area contributed by atoms with Crippen molar-refractivity contribution in [2.75, 3.05) is 54.1 Å². The lowest BCUT2D eigenvalue weighted by Crippen LogP contribution is -2.45. The average Bonchev–Trinajstić information content (AvgIpc) is 3.01. The van der Waals surface area contributed by atoms with Crippen molar-refractivity contribution in [1.29, 1.82) is 0 Å². The fourth-order valence-corrected chi connectivity index (χ4v) is 4.40. The van der Waals surface area contributed by atoms with Gasteiger partial charge < -0.3 is 15.5 Å². The van der Waals surface area contributed by atoms with Crippen LogP contribution >= 0.6 is 0 Å². The maximum absolute atomic E-state index is 13.4. The Labute approximate surface area is 183 Å². The lowest BCUT2D eigenvalue weighted by Gasteiger charge is -2.34. The molecule has 1 aliphatic heterocycles. The Kier molecular flexibility index (Phi) is 6.81. The molecule has 0 atom stereocenters. The van der Waals surface area contributed by atoms with Crippen LogP contribution in [0.1, 0.15) is 38.5 Å².